The minimum atomic E-state index is -4.41. The number of nitrogens with two attached hydrogens (primary N) is 3. The van der Waals surface area contributed by atoms with E-state index in [9.17, 15) is 27.9 Å². The number of ketones is 1. The highest BCUT2D eigenvalue weighted by atomic mass is 32.2. The van der Waals surface area contributed by atoms with Crippen molar-refractivity contribution in [3.63, 3.8) is 0 Å². The maximum absolute atomic E-state index is 12.8. The van der Waals surface area contributed by atoms with Crippen LogP contribution < -0.4 is 37.6 Å². The predicted octanol–water partition coefficient (Wildman–Crippen LogP) is 2.20. The van der Waals surface area contributed by atoms with Crippen LogP contribution in [0.2, 0.25) is 0 Å². The van der Waals surface area contributed by atoms with Gasteiger partial charge in [-0.1, -0.05) is 0 Å². The molecule has 3 heterocycles. The lowest BCUT2D eigenvalue weighted by molar-refractivity contribution is -0.115. The summed E-state index contributed by atoms with van der Waals surface area (Å²) in [6.07, 6.45) is 0.800. The van der Waals surface area contributed by atoms with Crippen molar-refractivity contribution in [3.05, 3.63) is 54.1 Å². The van der Waals surface area contributed by atoms with E-state index >= 15 is 0 Å². The molecule has 3 aromatic rings. The van der Waals surface area contributed by atoms with E-state index in [1.165, 1.54) is 24.3 Å². The molecule has 2 fully saturated rings. The maximum Gasteiger partial charge on any atom is 0.446 e. The third-order valence-corrected chi connectivity index (χ3v) is 8.22. The van der Waals surface area contributed by atoms with Gasteiger partial charge in [-0.2, -0.15) is 28.1 Å². The number of aliphatic hydroxyl groups excluding tert-OH is 1. The number of halogens is 3. The molecule has 1 aromatic heterocycles. The summed E-state index contributed by atoms with van der Waals surface area (Å²) in [5, 5.41) is 15.6. The van der Waals surface area contributed by atoms with Crippen LogP contribution >= 0.6 is 11.8 Å². The molecule has 46 heavy (non-hydrogen) atoms. The number of nitrogens with one attached hydrogen (secondary N) is 2. The highest BCUT2D eigenvalue weighted by molar-refractivity contribution is 8.00. The lowest BCUT2D eigenvalue weighted by Crippen LogP contribution is -2.53. The van der Waals surface area contributed by atoms with Gasteiger partial charge in [-0.3, -0.25) is 9.59 Å². The summed E-state index contributed by atoms with van der Waals surface area (Å²) < 4.78 is 37.6. The number of amides is 1. The number of alkyl halides is 3. The molecule has 0 bridgehead atoms. The molecule has 13 nitrogen and oxygen atoms in total. The van der Waals surface area contributed by atoms with E-state index in [1.54, 1.807) is 24.3 Å². The molecule has 246 valence electrons. The van der Waals surface area contributed by atoms with Gasteiger partial charge in [0.1, 0.15) is 0 Å². The molecule has 2 saturated heterocycles. The van der Waals surface area contributed by atoms with Crippen LogP contribution in [0.25, 0.3) is 0 Å². The molecule has 5 rings (SSSR count). The Morgan fingerprint density at radius 2 is 1.48 bits per heavy atom. The van der Waals surface area contributed by atoms with Crippen molar-refractivity contribution in [3.8, 4) is 0 Å². The first-order valence-electron chi connectivity index (χ1n) is 14.6. The first-order valence-corrected chi connectivity index (χ1v) is 15.4. The van der Waals surface area contributed by atoms with Crippen molar-refractivity contribution in [2.75, 3.05) is 46.7 Å². The molecule has 2 aromatic carbocycles. The van der Waals surface area contributed by atoms with Gasteiger partial charge in [-0.05, 0) is 73.1 Å². The highest BCUT2D eigenvalue weighted by Gasteiger charge is 2.33. The lowest BCUT2D eigenvalue weighted by atomic mass is 10.0. The summed E-state index contributed by atoms with van der Waals surface area (Å²) in [6.45, 7) is 1.36. The van der Waals surface area contributed by atoms with Crippen LogP contribution in [0.15, 0.2) is 53.4 Å². The molecule has 0 saturated carbocycles. The number of carbonyl (C=O) groups is 2. The Balaban J connectivity index is 1.26. The molecule has 0 aliphatic carbocycles. The van der Waals surface area contributed by atoms with Gasteiger partial charge in [0.25, 0.3) is 0 Å². The topological polar surface area (TPSA) is 202 Å². The molecule has 9 N–H and O–H groups in total. The van der Waals surface area contributed by atoms with E-state index in [0.717, 1.165) is 0 Å². The number of benzene rings is 2. The van der Waals surface area contributed by atoms with Gasteiger partial charge in [0, 0.05) is 59.6 Å². The second-order valence-corrected chi connectivity index (χ2v) is 12.5. The summed E-state index contributed by atoms with van der Waals surface area (Å²) in [4.78, 5) is 42.8. The van der Waals surface area contributed by atoms with Crippen molar-refractivity contribution in [1.82, 2.24) is 15.0 Å². The van der Waals surface area contributed by atoms with Gasteiger partial charge in [-0.25, -0.2) is 0 Å². The number of hydrogen-bond donors (Lipinski definition) is 6. The number of carbonyl (C=O) groups excluding carboxylic acids is 2. The van der Waals surface area contributed by atoms with Gasteiger partial charge >= 0.3 is 5.51 Å². The first-order chi connectivity index (χ1) is 21.8. The summed E-state index contributed by atoms with van der Waals surface area (Å²) >= 11 is -0.258. The van der Waals surface area contributed by atoms with Gasteiger partial charge in [-0.15, -0.1) is 0 Å². The number of aliphatic hydroxyl groups is 1. The molecule has 2 aliphatic rings. The quantitative estimate of drug-likeness (QED) is 0.105. The third kappa shape index (κ3) is 8.82. The van der Waals surface area contributed by atoms with Crippen LogP contribution in [0.1, 0.15) is 29.6 Å². The molecule has 0 unspecified atom stereocenters. The molecule has 0 radical (unpaired) electrons. The van der Waals surface area contributed by atoms with E-state index < -0.39 is 23.6 Å². The normalized spacial score (nSPS) is 21.7. The Labute approximate surface area is 267 Å². The largest absolute Gasteiger partial charge is 0.446 e. The fourth-order valence-electron chi connectivity index (χ4n) is 5.45. The summed E-state index contributed by atoms with van der Waals surface area (Å²) in [5.74, 6) is -0.103. The molecular weight excluding hydrogens is 625 g/mol. The van der Waals surface area contributed by atoms with Crippen LogP contribution in [0.5, 0.6) is 0 Å². The van der Waals surface area contributed by atoms with Crippen molar-refractivity contribution >= 4 is 52.7 Å². The summed E-state index contributed by atoms with van der Waals surface area (Å²) in [7, 11) is 0. The Kier molecular flexibility index (Phi) is 10.3. The van der Waals surface area contributed by atoms with Crippen LogP contribution in [-0.2, 0) is 4.79 Å². The van der Waals surface area contributed by atoms with E-state index in [2.05, 4.69) is 25.6 Å². The van der Waals surface area contributed by atoms with Crippen molar-refractivity contribution in [2.24, 2.45) is 17.2 Å². The van der Waals surface area contributed by atoms with E-state index in [-0.39, 0.29) is 64.6 Å². The number of anilines is 5. The van der Waals surface area contributed by atoms with Crippen molar-refractivity contribution in [2.45, 2.75) is 53.8 Å². The lowest BCUT2D eigenvalue weighted by Gasteiger charge is -2.35. The van der Waals surface area contributed by atoms with E-state index in [4.69, 9.17) is 17.2 Å². The highest BCUT2D eigenvalue weighted by Crippen LogP contribution is 2.37. The fraction of sp³-hybridized carbons (Fsp3) is 0.414. The van der Waals surface area contributed by atoms with Crippen molar-refractivity contribution in [1.29, 1.82) is 0 Å². The third-order valence-electron chi connectivity index (χ3n) is 7.48. The molecular formula is C29H35F3N10O3S. The van der Waals surface area contributed by atoms with Gasteiger partial charge in [0.15, 0.2) is 5.78 Å². The number of thioether (sulfide) groups is 1. The zero-order valence-corrected chi connectivity index (χ0v) is 25.5. The maximum atomic E-state index is 12.8. The Morgan fingerprint density at radius 3 is 2.11 bits per heavy atom. The van der Waals surface area contributed by atoms with E-state index in [0.29, 0.717) is 50.1 Å². The number of Topliss-reactive ketones (excluding diaryl/α,β-unsaturated/α-hetero) is 1. The molecule has 1 amide bonds. The molecule has 2 aliphatic heterocycles. The van der Waals surface area contributed by atoms with Crippen LogP contribution in [0.4, 0.5) is 42.4 Å². The predicted molar refractivity (Wildman–Crippen MR) is 169 cm³/mol. The standard InChI is InChI=1S/C29H35F3N10O3S/c30-29(31,32)46-23-7-5-20(6-8-23)36-25(45)11-24(44)16-1-3-21(4-2-16)37-26-38-27(41-12-17(33)9-18(34)13-41)40-28(39-26)42-14-19(35)10-22(42)15-43/h1-8,17-19,22,43H,9-15,33-35H2,(H,36,45)(H,37,38,39,40)/t17-,18+,19-,22-/m0/s1. The Morgan fingerprint density at radius 1 is 0.870 bits per heavy atom. The minimum absolute atomic E-state index is 0.0191. The van der Waals surface area contributed by atoms with Crippen molar-refractivity contribution < 1.29 is 27.9 Å². The average Bonchev–Trinajstić information content (AvgIpc) is 3.38. The second-order valence-electron chi connectivity index (χ2n) is 11.3. The second kappa shape index (κ2) is 14.2. The summed E-state index contributed by atoms with van der Waals surface area (Å²) in [5.41, 5.74) is 15.3. The van der Waals surface area contributed by atoms with Gasteiger partial charge < -0.3 is 42.7 Å². The minimum Gasteiger partial charge on any atom is -0.394 e. The van der Waals surface area contributed by atoms with Crippen LogP contribution in [0, 0.1) is 0 Å². The Hall–Kier alpha value is -4.03. The number of piperidine rings is 1. The average molecular weight is 661 g/mol. The molecule has 0 spiro atoms. The number of hydrogen-bond acceptors (Lipinski definition) is 13. The number of rotatable bonds is 10. The summed E-state index contributed by atoms with van der Waals surface area (Å²) in [6, 6.07) is 10.8. The zero-order chi connectivity index (χ0) is 33.0. The molecule has 17 heteroatoms. The van der Waals surface area contributed by atoms with Crippen LogP contribution in [0.3, 0.4) is 0 Å². The molecule has 4 atom stereocenters. The van der Waals surface area contributed by atoms with Gasteiger partial charge in [0.05, 0.1) is 19.1 Å². The zero-order valence-electron chi connectivity index (χ0n) is 24.7. The monoisotopic (exact) mass is 660 g/mol. The van der Waals surface area contributed by atoms with Gasteiger partial charge in [0.2, 0.25) is 23.8 Å². The number of aromatic nitrogens is 3. The smallest absolute Gasteiger partial charge is 0.394 e. The Bertz CT molecular complexity index is 1520. The van der Waals surface area contributed by atoms with Crippen LogP contribution in [-0.4, -0.2) is 87.7 Å². The first kappa shape index (κ1) is 33.3. The fourth-order valence-corrected chi connectivity index (χ4v) is 5.99. The number of nitrogens with zero attached hydrogens (tertiary/aromatic N) is 5. The SMILES string of the molecule is N[C@@H]1C[C@H](N)CN(c2nc(Nc3ccc(C(=O)CC(=O)Nc4ccc(SC(F)(F)F)cc4)cc3)nc(N3C[C@@H](N)C[C@H]3CO)n2)C1. The van der Waals surface area contributed by atoms with E-state index in [1.807, 2.05) is 9.80 Å².